The van der Waals surface area contributed by atoms with Crippen molar-refractivity contribution < 1.29 is 19.3 Å². The molecule has 1 saturated heterocycles. The minimum absolute atomic E-state index is 0.524. The number of hydrogen-bond acceptors (Lipinski definition) is 8. The Labute approximate surface area is 199 Å². The van der Waals surface area contributed by atoms with E-state index in [1.807, 2.05) is 18.2 Å². The first-order valence-corrected chi connectivity index (χ1v) is 12.0. The summed E-state index contributed by atoms with van der Waals surface area (Å²) in [6, 6.07) is 11.7. The molecule has 0 radical (unpaired) electrons. The van der Waals surface area contributed by atoms with Crippen molar-refractivity contribution >= 4 is 11.0 Å². The topological polar surface area (TPSA) is 89.0 Å². The highest BCUT2D eigenvalue weighted by molar-refractivity contribution is 5.78. The van der Waals surface area contributed by atoms with Gasteiger partial charge in [0.2, 0.25) is 5.88 Å². The molecule has 3 aromatic rings. The van der Waals surface area contributed by atoms with Crippen molar-refractivity contribution in [2.24, 2.45) is 5.92 Å². The zero-order valence-electron chi connectivity index (χ0n) is 19.6. The number of benzene rings is 1. The Morgan fingerprint density at radius 3 is 2.94 bits per heavy atom. The van der Waals surface area contributed by atoms with Gasteiger partial charge >= 0.3 is 0 Å². The fourth-order valence-electron chi connectivity index (χ4n) is 4.85. The third-order valence-corrected chi connectivity index (χ3v) is 6.56. The standard InChI is InChI=1S/C26H32N4O4/c1-32-25-7-5-21-26(29-25)20(8-9-28-21)22(31)17-30-10-2-3-19(16-30)15-27-14-18-4-6-23-24(13-18)34-12-11-33-23/h4-9,13,19,22,27,31H,2-3,10-12,14-17H2,1H3. The van der Waals surface area contributed by atoms with Gasteiger partial charge in [0.15, 0.2) is 11.5 Å². The Morgan fingerprint density at radius 2 is 2.06 bits per heavy atom. The fourth-order valence-corrected chi connectivity index (χ4v) is 4.85. The summed E-state index contributed by atoms with van der Waals surface area (Å²) in [5, 5.41) is 14.7. The number of methoxy groups -OCH3 is 1. The van der Waals surface area contributed by atoms with Crippen LogP contribution in [0.5, 0.6) is 17.4 Å². The molecular formula is C26H32N4O4. The Morgan fingerprint density at radius 1 is 1.18 bits per heavy atom. The molecule has 0 aliphatic carbocycles. The molecule has 8 heteroatoms. The molecular weight excluding hydrogens is 432 g/mol. The second kappa shape index (κ2) is 10.5. The molecule has 0 spiro atoms. The molecule has 8 nitrogen and oxygen atoms in total. The van der Waals surface area contributed by atoms with Crippen molar-refractivity contribution in [3.8, 4) is 17.4 Å². The number of aliphatic hydroxyl groups excluding tert-OH is 1. The maximum Gasteiger partial charge on any atom is 0.213 e. The zero-order chi connectivity index (χ0) is 23.3. The van der Waals surface area contributed by atoms with E-state index in [4.69, 9.17) is 14.2 Å². The number of aromatic nitrogens is 2. The number of ether oxygens (including phenoxy) is 3. The number of likely N-dealkylation sites (tertiary alicyclic amines) is 1. The predicted molar refractivity (Wildman–Crippen MR) is 129 cm³/mol. The molecule has 2 aromatic heterocycles. The van der Waals surface area contributed by atoms with E-state index in [1.165, 1.54) is 12.0 Å². The lowest BCUT2D eigenvalue weighted by atomic mass is 9.97. The molecule has 0 saturated carbocycles. The van der Waals surface area contributed by atoms with Crippen LogP contribution < -0.4 is 19.5 Å². The van der Waals surface area contributed by atoms with Gasteiger partial charge in [0.25, 0.3) is 0 Å². The second-order valence-electron chi connectivity index (χ2n) is 9.01. The number of piperidine rings is 1. The van der Waals surface area contributed by atoms with E-state index in [1.54, 1.807) is 19.4 Å². The number of fused-ring (bicyclic) bond motifs is 2. The molecule has 2 aliphatic rings. The lowest BCUT2D eigenvalue weighted by Crippen LogP contribution is -2.41. The van der Waals surface area contributed by atoms with Gasteiger partial charge in [-0.25, -0.2) is 4.98 Å². The summed E-state index contributed by atoms with van der Waals surface area (Å²) in [4.78, 5) is 11.3. The van der Waals surface area contributed by atoms with Gasteiger partial charge in [0, 0.05) is 37.5 Å². The SMILES string of the molecule is COc1ccc2nccc(C(O)CN3CCCC(CNCc4ccc5c(c4)OCCO5)C3)c2n1. The van der Waals surface area contributed by atoms with Crippen LogP contribution in [0.4, 0.5) is 0 Å². The molecule has 2 unspecified atom stereocenters. The summed E-state index contributed by atoms with van der Waals surface area (Å²) >= 11 is 0. The van der Waals surface area contributed by atoms with Crippen molar-refractivity contribution in [3.63, 3.8) is 0 Å². The van der Waals surface area contributed by atoms with Crippen LogP contribution in [0, 0.1) is 5.92 Å². The summed E-state index contributed by atoms with van der Waals surface area (Å²) in [5.74, 6) is 2.73. The van der Waals surface area contributed by atoms with Gasteiger partial charge in [-0.2, -0.15) is 0 Å². The average molecular weight is 465 g/mol. The first-order valence-electron chi connectivity index (χ1n) is 12.0. The Kier molecular flexibility index (Phi) is 7.08. The minimum Gasteiger partial charge on any atom is -0.486 e. The van der Waals surface area contributed by atoms with Crippen molar-refractivity contribution in [3.05, 3.63) is 53.7 Å². The molecule has 4 heterocycles. The molecule has 180 valence electrons. The van der Waals surface area contributed by atoms with Crippen molar-refractivity contribution in [1.29, 1.82) is 0 Å². The normalized spacial score (nSPS) is 19.2. The highest BCUT2D eigenvalue weighted by Gasteiger charge is 2.23. The van der Waals surface area contributed by atoms with Gasteiger partial charge in [0.05, 0.1) is 24.2 Å². The maximum atomic E-state index is 11.1. The van der Waals surface area contributed by atoms with E-state index < -0.39 is 6.10 Å². The van der Waals surface area contributed by atoms with Crippen molar-refractivity contribution in [2.75, 3.05) is 46.5 Å². The van der Waals surface area contributed by atoms with Gasteiger partial charge in [-0.3, -0.25) is 4.98 Å². The van der Waals surface area contributed by atoms with Crippen LogP contribution in [-0.2, 0) is 6.54 Å². The molecule has 2 N–H and O–H groups in total. The lowest BCUT2D eigenvalue weighted by Gasteiger charge is -2.34. The van der Waals surface area contributed by atoms with E-state index >= 15 is 0 Å². The first-order chi connectivity index (χ1) is 16.7. The Hall–Kier alpha value is -2.94. The summed E-state index contributed by atoms with van der Waals surface area (Å²) in [5.41, 5.74) is 3.45. The van der Waals surface area contributed by atoms with Crippen LogP contribution in [-0.4, -0.2) is 66.5 Å². The largest absolute Gasteiger partial charge is 0.486 e. The number of nitrogens with one attached hydrogen (secondary N) is 1. The van der Waals surface area contributed by atoms with Gasteiger partial charge in [0.1, 0.15) is 13.2 Å². The Bertz CT molecular complexity index is 1130. The molecule has 34 heavy (non-hydrogen) atoms. The number of pyridine rings is 2. The summed E-state index contributed by atoms with van der Waals surface area (Å²) in [6.45, 7) is 5.49. The highest BCUT2D eigenvalue weighted by Crippen LogP contribution is 2.31. The number of rotatable bonds is 8. The average Bonchev–Trinajstić information content (AvgIpc) is 2.88. The molecule has 1 fully saturated rings. The zero-order valence-corrected chi connectivity index (χ0v) is 19.6. The van der Waals surface area contributed by atoms with Gasteiger partial charge in [-0.1, -0.05) is 6.07 Å². The van der Waals surface area contributed by atoms with Crippen molar-refractivity contribution in [1.82, 2.24) is 20.2 Å². The number of β-amino-alcohol motifs (C(OH)–C–C–N with tert-alkyl or cyclic N) is 1. The van der Waals surface area contributed by atoms with Gasteiger partial charge in [-0.15, -0.1) is 0 Å². The molecule has 5 rings (SSSR count). The molecule has 2 atom stereocenters. The van der Waals surface area contributed by atoms with Crippen LogP contribution in [0.25, 0.3) is 11.0 Å². The van der Waals surface area contributed by atoms with Gasteiger partial charge in [-0.05, 0) is 61.7 Å². The van der Waals surface area contributed by atoms with Gasteiger partial charge < -0.3 is 29.5 Å². The van der Waals surface area contributed by atoms with E-state index in [-0.39, 0.29) is 0 Å². The van der Waals surface area contributed by atoms with Crippen LogP contribution in [0.2, 0.25) is 0 Å². The van der Waals surface area contributed by atoms with Crippen LogP contribution in [0.3, 0.4) is 0 Å². The molecule has 0 bridgehead atoms. The van der Waals surface area contributed by atoms with Crippen molar-refractivity contribution in [2.45, 2.75) is 25.5 Å². The number of nitrogens with zero attached hydrogens (tertiary/aromatic N) is 3. The lowest BCUT2D eigenvalue weighted by molar-refractivity contribution is 0.0848. The number of aliphatic hydroxyl groups is 1. The van der Waals surface area contributed by atoms with E-state index in [2.05, 4.69) is 32.3 Å². The summed E-state index contributed by atoms with van der Waals surface area (Å²) in [6.07, 6.45) is 3.43. The third kappa shape index (κ3) is 5.24. The van der Waals surface area contributed by atoms with E-state index in [0.29, 0.717) is 37.1 Å². The quantitative estimate of drug-likeness (QED) is 0.526. The maximum absolute atomic E-state index is 11.1. The second-order valence-corrected chi connectivity index (χ2v) is 9.01. The monoisotopic (exact) mass is 464 g/mol. The van der Waals surface area contributed by atoms with E-state index in [9.17, 15) is 5.11 Å². The highest BCUT2D eigenvalue weighted by atomic mass is 16.6. The first kappa shape index (κ1) is 22.8. The third-order valence-electron chi connectivity index (χ3n) is 6.56. The molecule has 1 aromatic carbocycles. The predicted octanol–water partition coefficient (Wildman–Crippen LogP) is 2.94. The summed E-state index contributed by atoms with van der Waals surface area (Å²) < 4.78 is 16.6. The fraction of sp³-hybridized carbons (Fsp3) is 0.462. The van der Waals surface area contributed by atoms with Crippen LogP contribution >= 0.6 is 0 Å². The smallest absolute Gasteiger partial charge is 0.213 e. The van der Waals surface area contributed by atoms with Crippen LogP contribution in [0.15, 0.2) is 42.6 Å². The Balaban J connectivity index is 1.15. The van der Waals surface area contributed by atoms with E-state index in [0.717, 1.165) is 55.2 Å². The molecule has 0 amide bonds. The number of hydrogen-bond donors (Lipinski definition) is 2. The minimum atomic E-state index is -0.630. The van der Waals surface area contributed by atoms with Crippen LogP contribution in [0.1, 0.15) is 30.1 Å². The molecule has 2 aliphatic heterocycles. The summed E-state index contributed by atoms with van der Waals surface area (Å²) in [7, 11) is 1.59.